The van der Waals surface area contributed by atoms with Crippen LogP contribution in [0, 0.1) is 0 Å². The molecule has 0 bridgehead atoms. The molecule has 0 fully saturated rings. The molecule has 0 atom stereocenters. The van der Waals surface area contributed by atoms with Crippen LogP contribution in [0.25, 0.3) is 0 Å². The van der Waals surface area contributed by atoms with Crippen LogP contribution in [0.2, 0.25) is 0 Å². The lowest BCUT2D eigenvalue weighted by atomic mass is 10.4. The van der Waals surface area contributed by atoms with Crippen molar-refractivity contribution < 1.29 is 4.74 Å². The molecule has 0 aromatic carbocycles. The molecule has 0 aliphatic carbocycles. The first kappa shape index (κ1) is 10.7. The van der Waals surface area contributed by atoms with Gasteiger partial charge in [-0.3, -0.25) is 0 Å². The molecule has 0 amide bonds. The Hall–Kier alpha value is -0.420. The molecule has 1 aromatic rings. The molecule has 0 aliphatic heterocycles. The summed E-state index contributed by atoms with van der Waals surface area (Å²) in [6, 6.07) is 0. The van der Waals surface area contributed by atoms with Gasteiger partial charge in [0.05, 0.1) is 12.0 Å². The number of hydrogen-bond donors (Lipinski definition) is 1. The van der Waals surface area contributed by atoms with Crippen LogP contribution in [0.5, 0.6) is 5.88 Å². The van der Waals surface area contributed by atoms with E-state index in [4.69, 9.17) is 4.74 Å². The highest BCUT2D eigenvalue weighted by Gasteiger charge is 2.11. The van der Waals surface area contributed by atoms with Crippen LogP contribution >= 0.6 is 24.0 Å². The zero-order valence-electron chi connectivity index (χ0n) is 8.07. The second-order valence-corrected chi connectivity index (χ2v) is 4.31. The summed E-state index contributed by atoms with van der Waals surface area (Å²) in [5.41, 5.74) is 0. The maximum absolute atomic E-state index is 5.17. The first-order valence-electron chi connectivity index (χ1n) is 4.01. The molecule has 13 heavy (non-hydrogen) atoms. The summed E-state index contributed by atoms with van der Waals surface area (Å²) in [5.74, 6) is 1.56. The number of hydrogen-bond acceptors (Lipinski definition) is 5. The normalized spacial score (nSPS) is 10.2. The van der Waals surface area contributed by atoms with Crippen molar-refractivity contribution in [3.8, 4) is 5.88 Å². The molecule has 1 heterocycles. The molecule has 74 valence electrons. The summed E-state index contributed by atoms with van der Waals surface area (Å²) in [6.45, 7) is 0. The topological polar surface area (TPSA) is 25.4 Å². The number of rotatable bonds is 4. The smallest absolute Gasteiger partial charge is 0.229 e. The van der Waals surface area contributed by atoms with Crippen molar-refractivity contribution in [3.05, 3.63) is 4.88 Å². The molecule has 0 N–H and O–H groups in total. The van der Waals surface area contributed by atoms with Gasteiger partial charge in [-0.1, -0.05) is 11.3 Å². The highest BCUT2D eigenvalue weighted by Crippen LogP contribution is 2.30. The monoisotopic (exact) mass is 218 g/mol. The van der Waals surface area contributed by atoms with Crippen LogP contribution in [0.4, 0.5) is 5.13 Å². The summed E-state index contributed by atoms with van der Waals surface area (Å²) < 4.78 is 5.17. The number of anilines is 1. The molecule has 1 aromatic heterocycles. The van der Waals surface area contributed by atoms with Gasteiger partial charge < -0.3 is 9.64 Å². The van der Waals surface area contributed by atoms with Gasteiger partial charge in [-0.25, -0.2) is 0 Å². The highest BCUT2D eigenvalue weighted by atomic mass is 32.1. The van der Waals surface area contributed by atoms with Crippen molar-refractivity contribution in [1.29, 1.82) is 0 Å². The molecule has 0 radical (unpaired) electrons. The minimum atomic E-state index is 0.739. The lowest BCUT2D eigenvalue weighted by molar-refractivity contribution is 0.397. The maximum atomic E-state index is 5.17. The molecule has 0 spiro atoms. The third-order valence-electron chi connectivity index (χ3n) is 1.57. The number of thiol groups is 1. The van der Waals surface area contributed by atoms with E-state index in [2.05, 4.69) is 17.6 Å². The Balaban J connectivity index is 2.90. The molecule has 0 aliphatic rings. The van der Waals surface area contributed by atoms with E-state index in [1.54, 1.807) is 18.4 Å². The van der Waals surface area contributed by atoms with Gasteiger partial charge >= 0.3 is 0 Å². The molecule has 3 nitrogen and oxygen atoms in total. The Morgan fingerprint density at radius 3 is 2.69 bits per heavy atom. The summed E-state index contributed by atoms with van der Waals surface area (Å²) in [6.07, 6.45) is 0.914. The van der Waals surface area contributed by atoms with Crippen LogP contribution in [0.15, 0.2) is 0 Å². The average Bonchev–Trinajstić information content (AvgIpc) is 2.48. The van der Waals surface area contributed by atoms with Crippen molar-refractivity contribution in [3.63, 3.8) is 0 Å². The summed E-state index contributed by atoms with van der Waals surface area (Å²) in [5, 5.41) is 0.980. The Labute approximate surface area is 88.1 Å². The van der Waals surface area contributed by atoms with E-state index in [1.807, 2.05) is 19.0 Å². The third kappa shape index (κ3) is 2.51. The number of aryl methyl sites for hydroxylation is 1. The van der Waals surface area contributed by atoms with Crippen LogP contribution in [0.1, 0.15) is 4.88 Å². The van der Waals surface area contributed by atoms with E-state index in [1.165, 1.54) is 4.88 Å². The minimum absolute atomic E-state index is 0.739. The van der Waals surface area contributed by atoms with Gasteiger partial charge in [-0.05, 0) is 12.2 Å². The van der Waals surface area contributed by atoms with Gasteiger partial charge in [0, 0.05) is 14.1 Å². The quantitative estimate of drug-likeness (QED) is 0.779. The molecule has 1 rings (SSSR count). The molecule has 0 saturated heterocycles. The number of methoxy groups -OCH3 is 1. The lowest BCUT2D eigenvalue weighted by Gasteiger charge is -2.04. The van der Waals surface area contributed by atoms with Gasteiger partial charge in [0.15, 0.2) is 5.13 Å². The van der Waals surface area contributed by atoms with Gasteiger partial charge in [0.25, 0.3) is 0 Å². The summed E-state index contributed by atoms with van der Waals surface area (Å²) >= 11 is 5.85. The van der Waals surface area contributed by atoms with E-state index in [0.717, 1.165) is 23.2 Å². The average molecular weight is 218 g/mol. The fourth-order valence-corrected chi connectivity index (χ4v) is 2.26. The second-order valence-electron chi connectivity index (χ2n) is 2.80. The lowest BCUT2D eigenvalue weighted by Crippen LogP contribution is -2.07. The van der Waals surface area contributed by atoms with Gasteiger partial charge in [0.1, 0.15) is 0 Å². The van der Waals surface area contributed by atoms with Gasteiger partial charge in [-0.2, -0.15) is 17.6 Å². The maximum Gasteiger partial charge on any atom is 0.229 e. The number of nitrogens with zero attached hydrogens (tertiary/aromatic N) is 2. The minimum Gasteiger partial charge on any atom is -0.480 e. The Morgan fingerprint density at radius 2 is 2.23 bits per heavy atom. The summed E-state index contributed by atoms with van der Waals surface area (Å²) in [7, 11) is 5.60. The van der Waals surface area contributed by atoms with Crippen LogP contribution in [-0.4, -0.2) is 31.9 Å². The predicted octanol–water partition coefficient (Wildman–Crippen LogP) is 1.69. The fourth-order valence-electron chi connectivity index (χ4n) is 0.936. The molecule has 0 unspecified atom stereocenters. The van der Waals surface area contributed by atoms with Crippen molar-refractivity contribution in [1.82, 2.24) is 4.98 Å². The standard InChI is InChI=1S/C8H14N2OS2/c1-10(2)8-9-7(11-3)6(13-8)4-5-12/h12H,4-5H2,1-3H3. The van der Waals surface area contributed by atoms with E-state index in [0.29, 0.717) is 0 Å². The Bertz CT molecular complexity index is 273. The molecule has 0 saturated carbocycles. The first-order valence-corrected chi connectivity index (χ1v) is 5.45. The second kappa shape index (κ2) is 4.72. The van der Waals surface area contributed by atoms with E-state index in [-0.39, 0.29) is 0 Å². The largest absolute Gasteiger partial charge is 0.480 e. The third-order valence-corrected chi connectivity index (χ3v) is 3.05. The van der Waals surface area contributed by atoms with E-state index < -0.39 is 0 Å². The Morgan fingerprint density at radius 1 is 1.54 bits per heavy atom. The zero-order valence-corrected chi connectivity index (χ0v) is 9.78. The van der Waals surface area contributed by atoms with Crippen molar-refractivity contribution >= 4 is 29.1 Å². The predicted molar refractivity (Wildman–Crippen MR) is 60.6 cm³/mol. The number of thiazole rings is 1. The van der Waals surface area contributed by atoms with E-state index in [9.17, 15) is 0 Å². The summed E-state index contributed by atoms with van der Waals surface area (Å²) in [4.78, 5) is 7.48. The Kier molecular flexibility index (Phi) is 3.87. The van der Waals surface area contributed by atoms with Crippen molar-refractivity contribution in [2.24, 2.45) is 0 Å². The zero-order chi connectivity index (χ0) is 9.84. The van der Waals surface area contributed by atoms with Crippen LogP contribution in [-0.2, 0) is 6.42 Å². The molecular weight excluding hydrogens is 204 g/mol. The SMILES string of the molecule is COc1nc(N(C)C)sc1CCS. The number of aromatic nitrogens is 1. The first-order chi connectivity index (χ1) is 6.19. The van der Waals surface area contributed by atoms with Crippen molar-refractivity contribution in [2.75, 3.05) is 31.9 Å². The van der Waals surface area contributed by atoms with Crippen LogP contribution in [0.3, 0.4) is 0 Å². The molecule has 5 heteroatoms. The van der Waals surface area contributed by atoms with Crippen LogP contribution < -0.4 is 9.64 Å². The van der Waals surface area contributed by atoms with Crippen molar-refractivity contribution in [2.45, 2.75) is 6.42 Å². The highest BCUT2D eigenvalue weighted by molar-refractivity contribution is 7.80. The number of ether oxygens (including phenoxy) is 1. The van der Waals surface area contributed by atoms with Gasteiger partial charge in [0.2, 0.25) is 5.88 Å². The van der Waals surface area contributed by atoms with Gasteiger partial charge in [-0.15, -0.1) is 0 Å². The molecular formula is C8H14N2OS2. The fraction of sp³-hybridized carbons (Fsp3) is 0.625. The van der Waals surface area contributed by atoms with E-state index >= 15 is 0 Å².